The highest BCUT2D eigenvalue weighted by molar-refractivity contribution is 6.04. The van der Waals surface area contributed by atoms with E-state index in [1.807, 2.05) is 26.0 Å². The molecule has 2 rings (SSSR count). The van der Waals surface area contributed by atoms with Gasteiger partial charge in [-0.15, -0.1) is 0 Å². The zero-order valence-corrected chi connectivity index (χ0v) is 12.4. The van der Waals surface area contributed by atoms with Gasteiger partial charge in [-0.1, -0.05) is 17.7 Å². The third kappa shape index (κ3) is 2.79. The number of nitrogens with one attached hydrogen (secondary N) is 1. The van der Waals surface area contributed by atoms with Gasteiger partial charge in [-0.05, 0) is 25.5 Å². The zero-order valence-electron chi connectivity index (χ0n) is 12.4. The monoisotopic (exact) mass is 287 g/mol. The van der Waals surface area contributed by atoms with E-state index in [2.05, 4.69) is 5.32 Å². The lowest BCUT2D eigenvalue weighted by Crippen LogP contribution is -2.40. The minimum absolute atomic E-state index is 0.0698. The van der Waals surface area contributed by atoms with Crippen LogP contribution >= 0.6 is 0 Å². The van der Waals surface area contributed by atoms with Gasteiger partial charge in [0.05, 0.1) is 0 Å². The van der Waals surface area contributed by atoms with Crippen molar-refractivity contribution in [2.24, 2.45) is 14.1 Å². The molecular formula is C15H17N3O3. The minimum atomic E-state index is -0.611. The number of rotatable bonds is 2. The number of benzene rings is 1. The molecule has 0 aliphatic carbocycles. The van der Waals surface area contributed by atoms with Gasteiger partial charge >= 0.3 is 5.69 Å². The molecule has 0 aliphatic heterocycles. The number of aromatic nitrogens is 2. The smallest absolute Gasteiger partial charge is 0.322 e. The first-order valence-electron chi connectivity index (χ1n) is 6.46. The van der Waals surface area contributed by atoms with E-state index >= 15 is 0 Å². The van der Waals surface area contributed by atoms with E-state index in [4.69, 9.17) is 0 Å². The van der Waals surface area contributed by atoms with E-state index < -0.39 is 17.2 Å². The second kappa shape index (κ2) is 5.40. The molecule has 1 amide bonds. The fourth-order valence-electron chi connectivity index (χ4n) is 2.11. The highest BCUT2D eigenvalue weighted by Gasteiger charge is 2.15. The maximum Gasteiger partial charge on any atom is 0.330 e. The third-order valence-corrected chi connectivity index (χ3v) is 3.32. The number of hydrogen-bond acceptors (Lipinski definition) is 3. The van der Waals surface area contributed by atoms with Crippen LogP contribution in [0.2, 0.25) is 0 Å². The Kier molecular flexibility index (Phi) is 3.80. The normalized spacial score (nSPS) is 10.5. The Morgan fingerprint density at radius 2 is 1.81 bits per heavy atom. The number of aryl methyl sites for hydroxylation is 3. The van der Waals surface area contributed by atoms with Crippen molar-refractivity contribution in [2.45, 2.75) is 13.8 Å². The maximum atomic E-state index is 12.2. The molecule has 1 N–H and O–H groups in total. The second-order valence-electron chi connectivity index (χ2n) is 5.07. The van der Waals surface area contributed by atoms with E-state index in [1.165, 1.54) is 24.9 Å². The molecule has 0 saturated heterocycles. The summed E-state index contributed by atoms with van der Waals surface area (Å²) < 4.78 is 2.12. The zero-order chi connectivity index (χ0) is 15.7. The van der Waals surface area contributed by atoms with E-state index in [0.29, 0.717) is 5.69 Å². The molecule has 0 spiro atoms. The Hall–Kier alpha value is -2.63. The minimum Gasteiger partial charge on any atom is -0.322 e. The number of amides is 1. The molecule has 2 aromatic rings. The molecule has 21 heavy (non-hydrogen) atoms. The molecule has 0 aliphatic rings. The van der Waals surface area contributed by atoms with Crippen LogP contribution in [0.15, 0.2) is 34.0 Å². The Morgan fingerprint density at radius 1 is 1.14 bits per heavy atom. The van der Waals surface area contributed by atoms with Gasteiger partial charge in [-0.2, -0.15) is 0 Å². The van der Waals surface area contributed by atoms with Crippen LogP contribution < -0.4 is 16.6 Å². The van der Waals surface area contributed by atoms with Gasteiger partial charge in [0.15, 0.2) is 0 Å². The predicted molar refractivity (Wildman–Crippen MR) is 80.8 cm³/mol. The number of hydrogen-bond donors (Lipinski definition) is 1. The van der Waals surface area contributed by atoms with Crippen LogP contribution in [0.25, 0.3) is 0 Å². The van der Waals surface area contributed by atoms with Crippen LogP contribution in [-0.2, 0) is 14.1 Å². The third-order valence-electron chi connectivity index (χ3n) is 3.32. The van der Waals surface area contributed by atoms with Crippen molar-refractivity contribution in [2.75, 3.05) is 5.32 Å². The molecule has 0 radical (unpaired) electrons. The summed E-state index contributed by atoms with van der Waals surface area (Å²) in [5, 5.41) is 2.70. The molecule has 0 unspecified atom stereocenters. The van der Waals surface area contributed by atoms with Gasteiger partial charge in [0.1, 0.15) is 5.56 Å². The quantitative estimate of drug-likeness (QED) is 0.894. The number of carbonyl (C=O) groups excluding carboxylic acids is 1. The molecule has 110 valence electrons. The summed E-state index contributed by atoms with van der Waals surface area (Å²) >= 11 is 0. The molecule has 1 aromatic heterocycles. The Bertz CT molecular complexity index is 831. The van der Waals surface area contributed by atoms with E-state index in [0.717, 1.165) is 15.7 Å². The fraction of sp³-hybridized carbons (Fsp3) is 0.267. The summed E-state index contributed by atoms with van der Waals surface area (Å²) in [5.41, 5.74) is 1.48. The second-order valence-corrected chi connectivity index (χ2v) is 5.07. The highest BCUT2D eigenvalue weighted by Crippen LogP contribution is 2.16. The first kappa shape index (κ1) is 14.8. The molecule has 6 heteroatoms. The topological polar surface area (TPSA) is 73.1 Å². The summed E-state index contributed by atoms with van der Waals surface area (Å²) in [6.45, 7) is 3.84. The van der Waals surface area contributed by atoms with Crippen LogP contribution in [0, 0.1) is 13.8 Å². The van der Waals surface area contributed by atoms with Gasteiger partial charge in [-0.3, -0.25) is 14.2 Å². The molecule has 0 saturated carbocycles. The standard InChI is InChI=1S/C15H17N3O3/c1-9-5-6-12(10(2)7-9)16-13(19)11-8-17(3)15(21)18(4)14(11)20/h5-8H,1-4H3,(H,16,19). The molecular weight excluding hydrogens is 270 g/mol. The molecule has 6 nitrogen and oxygen atoms in total. The van der Waals surface area contributed by atoms with Crippen molar-refractivity contribution < 1.29 is 4.79 Å². The van der Waals surface area contributed by atoms with Crippen molar-refractivity contribution in [3.05, 3.63) is 61.9 Å². The average molecular weight is 287 g/mol. The lowest BCUT2D eigenvalue weighted by atomic mass is 10.1. The summed E-state index contributed by atoms with van der Waals surface area (Å²) in [7, 11) is 2.84. The van der Waals surface area contributed by atoms with Crippen LogP contribution in [-0.4, -0.2) is 15.0 Å². The first-order valence-corrected chi connectivity index (χ1v) is 6.46. The number of nitrogens with zero attached hydrogens (tertiary/aromatic N) is 2. The summed E-state index contributed by atoms with van der Waals surface area (Å²) in [6, 6.07) is 5.60. The van der Waals surface area contributed by atoms with Crippen molar-refractivity contribution >= 4 is 11.6 Å². The summed E-state index contributed by atoms with van der Waals surface area (Å²) in [6.07, 6.45) is 1.25. The SMILES string of the molecule is Cc1ccc(NC(=O)c2cn(C)c(=O)n(C)c2=O)c(C)c1. The van der Waals surface area contributed by atoms with Crippen molar-refractivity contribution in [3.63, 3.8) is 0 Å². The van der Waals surface area contributed by atoms with Crippen molar-refractivity contribution in [1.82, 2.24) is 9.13 Å². The van der Waals surface area contributed by atoms with Crippen LogP contribution in [0.1, 0.15) is 21.5 Å². The Labute approximate surface area is 121 Å². The predicted octanol–water partition coefficient (Wildman–Crippen LogP) is 0.953. The summed E-state index contributed by atoms with van der Waals surface area (Å²) in [4.78, 5) is 35.9. The van der Waals surface area contributed by atoms with Crippen LogP contribution in [0.5, 0.6) is 0 Å². The molecule has 1 aromatic carbocycles. The highest BCUT2D eigenvalue weighted by atomic mass is 16.2. The molecule has 0 bridgehead atoms. The van der Waals surface area contributed by atoms with E-state index in [-0.39, 0.29) is 5.56 Å². The Balaban J connectivity index is 2.42. The largest absolute Gasteiger partial charge is 0.330 e. The van der Waals surface area contributed by atoms with Gasteiger partial charge in [-0.25, -0.2) is 4.79 Å². The van der Waals surface area contributed by atoms with Crippen molar-refractivity contribution in [3.8, 4) is 0 Å². The van der Waals surface area contributed by atoms with Gasteiger partial charge in [0, 0.05) is 26.0 Å². The molecule has 0 atom stereocenters. The molecule has 1 heterocycles. The van der Waals surface area contributed by atoms with Crippen molar-refractivity contribution in [1.29, 1.82) is 0 Å². The number of anilines is 1. The number of carbonyl (C=O) groups is 1. The van der Waals surface area contributed by atoms with E-state index in [1.54, 1.807) is 6.07 Å². The van der Waals surface area contributed by atoms with Crippen LogP contribution in [0.3, 0.4) is 0 Å². The lowest BCUT2D eigenvalue weighted by Gasteiger charge is -2.10. The lowest BCUT2D eigenvalue weighted by molar-refractivity contribution is 0.102. The Morgan fingerprint density at radius 3 is 2.43 bits per heavy atom. The van der Waals surface area contributed by atoms with Gasteiger partial charge in [0.25, 0.3) is 11.5 Å². The molecule has 0 fully saturated rings. The van der Waals surface area contributed by atoms with E-state index in [9.17, 15) is 14.4 Å². The maximum absolute atomic E-state index is 12.2. The van der Waals surface area contributed by atoms with Gasteiger partial charge < -0.3 is 9.88 Å². The average Bonchev–Trinajstić information content (AvgIpc) is 2.43. The first-order chi connectivity index (χ1) is 9.81. The van der Waals surface area contributed by atoms with Crippen LogP contribution in [0.4, 0.5) is 5.69 Å². The summed E-state index contributed by atoms with van der Waals surface area (Å²) in [5.74, 6) is -0.529. The van der Waals surface area contributed by atoms with Gasteiger partial charge in [0.2, 0.25) is 0 Å². The fourth-order valence-corrected chi connectivity index (χ4v) is 2.11.